The van der Waals surface area contributed by atoms with Crippen LogP contribution in [0.25, 0.3) is 0 Å². The van der Waals surface area contributed by atoms with Crippen LogP contribution in [0.3, 0.4) is 0 Å². The molecule has 0 atom stereocenters. The first-order valence-electron chi connectivity index (χ1n) is 5.24. The van der Waals surface area contributed by atoms with Crippen molar-refractivity contribution in [2.45, 2.75) is 46.3 Å². The Morgan fingerprint density at radius 3 is 2.56 bits per heavy atom. The van der Waals surface area contributed by atoms with Crippen LogP contribution in [-0.2, 0) is 17.8 Å². The fraction of sp³-hybridized carbons (Fsp3) is 0.636. The van der Waals surface area contributed by atoms with Gasteiger partial charge in [-0.1, -0.05) is 11.6 Å². The Hall–Kier alpha value is -0.870. The summed E-state index contributed by atoms with van der Waals surface area (Å²) >= 11 is 6.07. The van der Waals surface area contributed by atoms with Crippen molar-refractivity contribution in [3.05, 3.63) is 16.4 Å². The molecule has 16 heavy (non-hydrogen) atoms. The molecule has 0 aliphatic carbocycles. The fourth-order valence-corrected chi connectivity index (χ4v) is 1.61. The van der Waals surface area contributed by atoms with Gasteiger partial charge in [0.1, 0.15) is 5.60 Å². The molecule has 0 spiro atoms. The van der Waals surface area contributed by atoms with Gasteiger partial charge in [0.15, 0.2) is 5.78 Å². The standard InChI is InChI=1S/C11H17ClN2O2/c1-5-14-8(10(12)7(2)13-14)6-9(15)11(3,4)16/h16H,5-6H2,1-4H3. The Balaban J connectivity index is 3.01. The second-order valence-corrected chi connectivity index (χ2v) is 4.70. The summed E-state index contributed by atoms with van der Waals surface area (Å²) in [6, 6.07) is 0. The number of aliphatic hydroxyl groups is 1. The Labute approximate surface area is 100 Å². The van der Waals surface area contributed by atoms with Crippen molar-refractivity contribution < 1.29 is 9.90 Å². The lowest BCUT2D eigenvalue weighted by Crippen LogP contribution is -2.33. The van der Waals surface area contributed by atoms with Gasteiger partial charge in [-0.05, 0) is 27.7 Å². The highest BCUT2D eigenvalue weighted by atomic mass is 35.5. The number of rotatable bonds is 4. The summed E-state index contributed by atoms with van der Waals surface area (Å²) in [5, 5.41) is 14.3. The monoisotopic (exact) mass is 244 g/mol. The highest BCUT2D eigenvalue weighted by molar-refractivity contribution is 6.32. The number of hydrogen-bond donors (Lipinski definition) is 1. The second-order valence-electron chi connectivity index (χ2n) is 4.32. The van der Waals surface area contributed by atoms with Crippen molar-refractivity contribution in [1.29, 1.82) is 0 Å². The number of carbonyl (C=O) groups is 1. The first-order valence-corrected chi connectivity index (χ1v) is 5.62. The molecule has 1 aromatic rings. The quantitative estimate of drug-likeness (QED) is 0.878. The summed E-state index contributed by atoms with van der Waals surface area (Å²) in [5.74, 6) is -0.260. The maximum atomic E-state index is 11.7. The van der Waals surface area contributed by atoms with Crippen molar-refractivity contribution in [3.63, 3.8) is 0 Å². The highest BCUT2D eigenvalue weighted by Gasteiger charge is 2.26. The molecular weight excluding hydrogens is 228 g/mol. The Morgan fingerprint density at radius 2 is 2.12 bits per heavy atom. The third-order valence-electron chi connectivity index (χ3n) is 2.46. The summed E-state index contributed by atoms with van der Waals surface area (Å²) in [6.45, 7) is 7.33. The van der Waals surface area contributed by atoms with Gasteiger partial charge in [-0.3, -0.25) is 9.48 Å². The first-order chi connectivity index (χ1) is 7.27. The molecule has 0 saturated carbocycles. The second kappa shape index (κ2) is 4.55. The van der Waals surface area contributed by atoms with E-state index in [2.05, 4.69) is 5.10 Å². The van der Waals surface area contributed by atoms with E-state index >= 15 is 0 Å². The van der Waals surface area contributed by atoms with E-state index in [0.29, 0.717) is 23.0 Å². The van der Waals surface area contributed by atoms with Crippen LogP contribution in [0.5, 0.6) is 0 Å². The zero-order valence-corrected chi connectivity index (χ0v) is 10.8. The van der Waals surface area contributed by atoms with Crippen molar-refractivity contribution in [3.8, 4) is 0 Å². The van der Waals surface area contributed by atoms with E-state index in [1.54, 1.807) is 11.6 Å². The van der Waals surface area contributed by atoms with Crippen LogP contribution in [0.15, 0.2) is 0 Å². The lowest BCUT2D eigenvalue weighted by atomic mass is 9.99. The first kappa shape index (κ1) is 13.2. The smallest absolute Gasteiger partial charge is 0.169 e. The van der Waals surface area contributed by atoms with Gasteiger partial charge >= 0.3 is 0 Å². The van der Waals surface area contributed by atoms with Crippen LogP contribution in [0, 0.1) is 6.92 Å². The molecule has 5 heteroatoms. The van der Waals surface area contributed by atoms with Crippen molar-refractivity contribution in [1.82, 2.24) is 9.78 Å². The van der Waals surface area contributed by atoms with Crippen LogP contribution in [0.4, 0.5) is 0 Å². The maximum absolute atomic E-state index is 11.7. The number of ketones is 1. The average molecular weight is 245 g/mol. The molecule has 0 aliphatic heterocycles. The molecule has 1 aromatic heterocycles. The number of Topliss-reactive ketones (excluding diaryl/α,β-unsaturated/α-hetero) is 1. The van der Waals surface area contributed by atoms with Crippen LogP contribution in [0.2, 0.25) is 5.02 Å². The van der Waals surface area contributed by atoms with E-state index in [1.165, 1.54) is 13.8 Å². The largest absolute Gasteiger partial charge is 0.383 e. The molecule has 90 valence electrons. The Morgan fingerprint density at radius 1 is 1.56 bits per heavy atom. The maximum Gasteiger partial charge on any atom is 0.169 e. The predicted molar refractivity (Wildman–Crippen MR) is 62.7 cm³/mol. The van der Waals surface area contributed by atoms with Gasteiger partial charge in [0.25, 0.3) is 0 Å². The Kier molecular flexibility index (Phi) is 3.76. The summed E-state index contributed by atoms with van der Waals surface area (Å²) in [4.78, 5) is 11.7. The van der Waals surface area contributed by atoms with E-state index in [9.17, 15) is 9.90 Å². The predicted octanol–water partition coefficient (Wildman–Crippen LogP) is 1.75. The van der Waals surface area contributed by atoms with E-state index in [1.807, 2.05) is 6.92 Å². The molecule has 0 aliphatic rings. The summed E-state index contributed by atoms with van der Waals surface area (Å²) in [6.07, 6.45) is 0.108. The van der Waals surface area contributed by atoms with Gasteiger partial charge in [0.2, 0.25) is 0 Å². The van der Waals surface area contributed by atoms with Crippen molar-refractivity contribution >= 4 is 17.4 Å². The molecule has 0 saturated heterocycles. The molecule has 0 aromatic carbocycles. The Bertz CT molecular complexity index is 405. The van der Waals surface area contributed by atoms with Crippen LogP contribution >= 0.6 is 11.6 Å². The van der Waals surface area contributed by atoms with Gasteiger partial charge in [-0.25, -0.2) is 0 Å². The average Bonchev–Trinajstić information content (AvgIpc) is 2.44. The zero-order chi connectivity index (χ0) is 12.5. The molecule has 0 radical (unpaired) electrons. The topological polar surface area (TPSA) is 55.1 Å². The molecular formula is C11H17ClN2O2. The molecule has 0 bridgehead atoms. The third kappa shape index (κ3) is 2.62. The van der Waals surface area contributed by atoms with Gasteiger partial charge in [-0.15, -0.1) is 0 Å². The normalized spacial score (nSPS) is 11.9. The van der Waals surface area contributed by atoms with Crippen LogP contribution < -0.4 is 0 Å². The minimum atomic E-state index is -1.33. The van der Waals surface area contributed by atoms with Gasteiger partial charge in [0, 0.05) is 6.54 Å². The lowest BCUT2D eigenvalue weighted by Gasteiger charge is -2.15. The van der Waals surface area contributed by atoms with E-state index < -0.39 is 5.60 Å². The molecule has 0 amide bonds. The van der Waals surface area contributed by atoms with E-state index in [4.69, 9.17) is 11.6 Å². The summed E-state index contributed by atoms with van der Waals surface area (Å²) < 4.78 is 1.70. The SMILES string of the molecule is CCn1nc(C)c(Cl)c1CC(=O)C(C)(C)O. The minimum Gasteiger partial charge on any atom is -0.383 e. The van der Waals surface area contributed by atoms with Crippen LogP contribution in [-0.4, -0.2) is 26.3 Å². The number of hydrogen-bond acceptors (Lipinski definition) is 3. The van der Waals surface area contributed by atoms with Crippen LogP contribution in [0.1, 0.15) is 32.2 Å². The molecule has 4 nitrogen and oxygen atoms in total. The van der Waals surface area contributed by atoms with Gasteiger partial charge in [0.05, 0.1) is 22.8 Å². The molecule has 0 fully saturated rings. The van der Waals surface area contributed by atoms with E-state index in [-0.39, 0.29) is 12.2 Å². The number of nitrogens with zero attached hydrogens (tertiary/aromatic N) is 2. The third-order valence-corrected chi connectivity index (χ3v) is 2.95. The summed E-state index contributed by atoms with van der Waals surface area (Å²) in [5.41, 5.74) is 0.0518. The number of carbonyl (C=O) groups excluding carboxylic acids is 1. The lowest BCUT2D eigenvalue weighted by molar-refractivity contribution is -0.133. The van der Waals surface area contributed by atoms with Crippen molar-refractivity contribution in [2.75, 3.05) is 0 Å². The minimum absolute atomic E-state index is 0.108. The van der Waals surface area contributed by atoms with E-state index in [0.717, 1.165) is 0 Å². The van der Waals surface area contributed by atoms with Gasteiger partial charge < -0.3 is 5.11 Å². The molecule has 1 heterocycles. The molecule has 1 N–H and O–H groups in total. The highest BCUT2D eigenvalue weighted by Crippen LogP contribution is 2.22. The summed E-state index contributed by atoms with van der Waals surface area (Å²) in [7, 11) is 0. The fourth-order valence-electron chi connectivity index (χ4n) is 1.41. The number of aryl methyl sites for hydroxylation is 2. The number of halogens is 1. The molecule has 1 rings (SSSR count). The molecule has 0 unspecified atom stereocenters. The van der Waals surface area contributed by atoms with Gasteiger partial charge in [-0.2, -0.15) is 5.10 Å². The number of aromatic nitrogens is 2. The zero-order valence-electron chi connectivity index (χ0n) is 10.0. The van der Waals surface area contributed by atoms with Crippen molar-refractivity contribution in [2.24, 2.45) is 0 Å².